The molecule has 1 atom stereocenters. The van der Waals surface area contributed by atoms with Crippen LogP contribution in [0.2, 0.25) is 0 Å². The highest BCUT2D eigenvalue weighted by Gasteiger charge is 2.38. The van der Waals surface area contributed by atoms with Crippen LogP contribution in [0, 0.1) is 10.1 Å². The van der Waals surface area contributed by atoms with Gasteiger partial charge in [-0.15, -0.1) is 0 Å². The van der Waals surface area contributed by atoms with Crippen LogP contribution in [0.1, 0.15) is 13.3 Å². The summed E-state index contributed by atoms with van der Waals surface area (Å²) in [6.07, 6.45) is 7.33. The summed E-state index contributed by atoms with van der Waals surface area (Å²) in [6, 6.07) is 0. The third-order valence-corrected chi connectivity index (χ3v) is 1.86. The second-order valence-electron chi connectivity index (χ2n) is 2.70. The van der Waals surface area contributed by atoms with E-state index in [2.05, 4.69) is 5.32 Å². The van der Waals surface area contributed by atoms with E-state index < -0.39 is 5.66 Å². The van der Waals surface area contributed by atoms with Crippen LogP contribution >= 0.6 is 0 Å². The molecule has 0 heterocycles. The monoisotopic (exact) mass is 168 g/mol. The van der Waals surface area contributed by atoms with E-state index in [1.165, 1.54) is 0 Å². The fraction of sp³-hybridized carbons (Fsp3) is 0.500. The van der Waals surface area contributed by atoms with Gasteiger partial charge in [0.15, 0.2) is 0 Å². The summed E-state index contributed by atoms with van der Waals surface area (Å²) in [4.78, 5) is 10.4. The molecule has 0 saturated carbocycles. The second kappa shape index (κ2) is 3.49. The van der Waals surface area contributed by atoms with Gasteiger partial charge >= 0.3 is 0 Å². The van der Waals surface area contributed by atoms with E-state index in [1.807, 2.05) is 13.0 Å². The van der Waals surface area contributed by atoms with Crippen LogP contribution in [-0.2, 0) is 0 Å². The summed E-state index contributed by atoms with van der Waals surface area (Å²) in [5, 5.41) is 13.6. The molecule has 0 aromatic carbocycles. The first-order valence-corrected chi connectivity index (χ1v) is 3.95. The topological polar surface area (TPSA) is 55.2 Å². The van der Waals surface area contributed by atoms with Crippen molar-refractivity contribution in [2.45, 2.75) is 19.0 Å². The maximum atomic E-state index is 10.7. The van der Waals surface area contributed by atoms with Crippen molar-refractivity contribution < 1.29 is 4.92 Å². The zero-order valence-corrected chi connectivity index (χ0v) is 6.99. The molecule has 0 aromatic rings. The molecule has 1 N–H and O–H groups in total. The predicted molar refractivity (Wildman–Crippen MR) is 46.3 cm³/mol. The van der Waals surface area contributed by atoms with Crippen LogP contribution in [0.15, 0.2) is 24.3 Å². The lowest BCUT2D eigenvalue weighted by molar-refractivity contribution is -0.562. The van der Waals surface area contributed by atoms with E-state index >= 15 is 0 Å². The lowest BCUT2D eigenvalue weighted by Gasteiger charge is -2.22. The molecule has 0 amide bonds. The highest BCUT2D eigenvalue weighted by atomic mass is 16.6. The SMILES string of the molecule is CCNC1([N+](=O)[O-])C=CC=CC1. The van der Waals surface area contributed by atoms with Crippen LogP contribution in [0.4, 0.5) is 0 Å². The third-order valence-electron chi connectivity index (χ3n) is 1.86. The van der Waals surface area contributed by atoms with E-state index in [1.54, 1.807) is 18.2 Å². The van der Waals surface area contributed by atoms with Crippen LogP contribution < -0.4 is 5.32 Å². The first-order valence-electron chi connectivity index (χ1n) is 3.95. The van der Waals surface area contributed by atoms with Gasteiger partial charge in [0, 0.05) is 11.0 Å². The number of likely N-dealkylation sites (N-methyl/N-ethyl adjacent to an activating group) is 1. The first-order chi connectivity index (χ1) is 5.71. The maximum Gasteiger partial charge on any atom is 0.297 e. The van der Waals surface area contributed by atoms with Crippen LogP contribution in [0.5, 0.6) is 0 Å². The third kappa shape index (κ3) is 1.53. The Balaban J connectivity index is 2.80. The molecule has 4 nitrogen and oxygen atoms in total. The molecule has 0 radical (unpaired) electrons. The average molecular weight is 168 g/mol. The van der Waals surface area contributed by atoms with Gasteiger partial charge in [0.2, 0.25) is 0 Å². The fourth-order valence-corrected chi connectivity index (χ4v) is 1.25. The standard InChI is InChI=1S/C8H12N2O2/c1-2-9-8(10(11)12)6-4-3-5-7-8/h3-6,9H,2,7H2,1H3. The molecule has 66 valence electrons. The Hall–Kier alpha value is -1.16. The van der Waals surface area contributed by atoms with Crippen molar-refractivity contribution in [1.82, 2.24) is 5.32 Å². The molecular weight excluding hydrogens is 156 g/mol. The Morgan fingerprint density at radius 2 is 2.42 bits per heavy atom. The Labute approximate surface area is 71.1 Å². The summed E-state index contributed by atoms with van der Waals surface area (Å²) in [6.45, 7) is 2.45. The molecule has 1 aliphatic rings. The smallest absolute Gasteiger partial charge is 0.262 e. The lowest BCUT2D eigenvalue weighted by atomic mass is 10.0. The van der Waals surface area contributed by atoms with E-state index in [0.29, 0.717) is 13.0 Å². The van der Waals surface area contributed by atoms with Gasteiger partial charge in [-0.1, -0.05) is 25.2 Å². The van der Waals surface area contributed by atoms with Gasteiger partial charge < -0.3 is 0 Å². The first kappa shape index (κ1) is 8.93. The van der Waals surface area contributed by atoms with Crippen molar-refractivity contribution in [3.63, 3.8) is 0 Å². The van der Waals surface area contributed by atoms with Gasteiger partial charge in [0.05, 0.1) is 6.42 Å². The summed E-state index contributed by atoms with van der Waals surface area (Å²) in [5.74, 6) is 0. The molecule has 0 fully saturated rings. The van der Waals surface area contributed by atoms with Crippen molar-refractivity contribution in [2.24, 2.45) is 0 Å². The Morgan fingerprint density at radius 3 is 2.83 bits per heavy atom. The molecule has 1 unspecified atom stereocenters. The predicted octanol–water partition coefficient (Wildman–Crippen LogP) is 1.09. The molecule has 0 saturated heterocycles. The van der Waals surface area contributed by atoms with Crippen LogP contribution in [0.25, 0.3) is 0 Å². The van der Waals surface area contributed by atoms with Crippen molar-refractivity contribution in [1.29, 1.82) is 0 Å². The number of hydrogen-bond donors (Lipinski definition) is 1. The molecule has 1 rings (SSSR count). The van der Waals surface area contributed by atoms with Crippen molar-refractivity contribution in [3.05, 3.63) is 34.4 Å². The van der Waals surface area contributed by atoms with Gasteiger partial charge in [-0.05, 0) is 6.54 Å². The van der Waals surface area contributed by atoms with Gasteiger partial charge in [0.25, 0.3) is 5.66 Å². The number of nitrogens with one attached hydrogen (secondary N) is 1. The van der Waals surface area contributed by atoms with E-state index in [4.69, 9.17) is 0 Å². The van der Waals surface area contributed by atoms with Crippen LogP contribution in [-0.4, -0.2) is 17.1 Å². The quantitative estimate of drug-likeness (QED) is 0.390. The Kier molecular flexibility index (Phi) is 2.60. The number of rotatable bonds is 3. The van der Waals surface area contributed by atoms with E-state index in [-0.39, 0.29) is 4.92 Å². The normalized spacial score (nSPS) is 27.4. The summed E-state index contributed by atoms with van der Waals surface area (Å²) >= 11 is 0. The van der Waals surface area contributed by atoms with E-state index in [9.17, 15) is 10.1 Å². The minimum Gasteiger partial charge on any atom is -0.262 e. The minimum absolute atomic E-state index is 0.281. The van der Waals surface area contributed by atoms with Gasteiger partial charge in [0.1, 0.15) is 0 Å². The molecule has 12 heavy (non-hydrogen) atoms. The zero-order valence-electron chi connectivity index (χ0n) is 6.99. The molecule has 0 bridgehead atoms. The average Bonchev–Trinajstić information content (AvgIpc) is 2.06. The molecule has 4 heteroatoms. The van der Waals surface area contributed by atoms with E-state index in [0.717, 1.165) is 0 Å². The highest BCUT2D eigenvalue weighted by Crippen LogP contribution is 2.17. The van der Waals surface area contributed by atoms with Crippen LogP contribution in [0.3, 0.4) is 0 Å². The lowest BCUT2D eigenvalue weighted by Crippen LogP contribution is -2.50. The van der Waals surface area contributed by atoms with Gasteiger partial charge in [-0.25, -0.2) is 5.32 Å². The number of hydrogen-bond acceptors (Lipinski definition) is 3. The zero-order chi connectivity index (χ0) is 9.03. The number of allylic oxidation sites excluding steroid dienone is 2. The summed E-state index contributed by atoms with van der Waals surface area (Å²) in [5.41, 5.74) is -1.07. The van der Waals surface area contributed by atoms with Crippen molar-refractivity contribution in [3.8, 4) is 0 Å². The Bertz CT molecular complexity index is 235. The summed E-state index contributed by atoms with van der Waals surface area (Å²) in [7, 11) is 0. The number of nitrogens with zero attached hydrogens (tertiary/aromatic N) is 1. The highest BCUT2D eigenvalue weighted by molar-refractivity contribution is 5.16. The maximum absolute atomic E-state index is 10.7. The molecule has 0 aromatic heterocycles. The van der Waals surface area contributed by atoms with Gasteiger partial charge in [-0.3, -0.25) is 10.1 Å². The Morgan fingerprint density at radius 1 is 1.67 bits per heavy atom. The van der Waals surface area contributed by atoms with Crippen molar-refractivity contribution >= 4 is 0 Å². The molecular formula is C8H12N2O2. The molecule has 1 aliphatic carbocycles. The summed E-state index contributed by atoms with van der Waals surface area (Å²) < 4.78 is 0. The molecule has 0 spiro atoms. The largest absolute Gasteiger partial charge is 0.297 e. The fourth-order valence-electron chi connectivity index (χ4n) is 1.25. The van der Waals surface area contributed by atoms with Gasteiger partial charge in [-0.2, -0.15) is 0 Å². The number of nitro groups is 1. The second-order valence-corrected chi connectivity index (χ2v) is 2.70. The molecule has 0 aliphatic heterocycles. The van der Waals surface area contributed by atoms with Crippen molar-refractivity contribution in [2.75, 3.05) is 6.54 Å². The minimum atomic E-state index is -1.07.